The Bertz CT molecular complexity index is 286. The zero-order valence-corrected chi connectivity index (χ0v) is 12.2. The minimum atomic E-state index is -0.263. The van der Waals surface area contributed by atoms with Crippen LogP contribution in [0, 0.1) is 0 Å². The summed E-state index contributed by atoms with van der Waals surface area (Å²) in [6.45, 7) is 7.78. The van der Waals surface area contributed by atoms with Gasteiger partial charge in [-0.2, -0.15) is 0 Å². The summed E-state index contributed by atoms with van der Waals surface area (Å²) in [4.78, 5) is 24.9. The monoisotopic (exact) mass is 277 g/mol. The number of carbonyl (C=O) groups is 2. The van der Waals surface area contributed by atoms with E-state index < -0.39 is 0 Å². The molecule has 1 unspecified atom stereocenters. The van der Waals surface area contributed by atoms with Crippen molar-refractivity contribution < 1.29 is 9.59 Å². The minimum absolute atomic E-state index is 0. The summed E-state index contributed by atoms with van der Waals surface area (Å²) >= 11 is 0. The van der Waals surface area contributed by atoms with Gasteiger partial charge in [0.1, 0.15) is 6.04 Å². The molecule has 5 nitrogen and oxygen atoms in total. The van der Waals surface area contributed by atoms with Crippen molar-refractivity contribution in [1.29, 1.82) is 0 Å². The second-order valence-corrected chi connectivity index (χ2v) is 4.57. The van der Waals surface area contributed by atoms with Crippen LogP contribution in [0.1, 0.15) is 33.6 Å². The predicted octanol–water partition coefficient (Wildman–Crippen LogP) is 0.533. The zero-order valence-electron chi connectivity index (χ0n) is 11.4. The number of nitrogens with one attached hydrogen (secondary N) is 2. The summed E-state index contributed by atoms with van der Waals surface area (Å²) in [6.07, 6.45) is 1.70. The second kappa shape index (κ2) is 8.32. The van der Waals surface area contributed by atoms with Gasteiger partial charge in [0.25, 0.3) is 0 Å². The van der Waals surface area contributed by atoms with E-state index in [0.29, 0.717) is 13.1 Å². The largest absolute Gasteiger partial charge is 0.353 e. The van der Waals surface area contributed by atoms with Gasteiger partial charge in [0.15, 0.2) is 0 Å². The van der Waals surface area contributed by atoms with Crippen LogP contribution in [0.4, 0.5) is 0 Å². The summed E-state index contributed by atoms with van der Waals surface area (Å²) in [5.74, 6) is -0.0372. The molecule has 1 saturated heterocycles. The number of hydrogen-bond acceptors (Lipinski definition) is 3. The summed E-state index contributed by atoms with van der Waals surface area (Å²) in [5, 5.41) is 6.13. The lowest BCUT2D eigenvalue weighted by Crippen LogP contribution is -2.48. The van der Waals surface area contributed by atoms with E-state index in [-0.39, 0.29) is 36.3 Å². The van der Waals surface area contributed by atoms with Crippen LogP contribution >= 0.6 is 12.4 Å². The molecule has 0 aliphatic carbocycles. The molecular weight excluding hydrogens is 254 g/mol. The highest BCUT2D eigenvalue weighted by Crippen LogP contribution is 2.17. The van der Waals surface area contributed by atoms with Crippen molar-refractivity contribution >= 4 is 24.2 Å². The number of rotatable bonds is 5. The van der Waals surface area contributed by atoms with E-state index in [1.165, 1.54) is 6.92 Å². The Morgan fingerprint density at radius 3 is 2.67 bits per heavy atom. The number of likely N-dealkylation sites (N-methyl/N-ethyl adjacent to an activating group) is 1. The van der Waals surface area contributed by atoms with E-state index in [2.05, 4.69) is 10.6 Å². The van der Waals surface area contributed by atoms with Crippen LogP contribution in [0.3, 0.4) is 0 Å². The van der Waals surface area contributed by atoms with Crippen LogP contribution in [0.15, 0.2) is 0 Å². The zero-order chi connectivity index (χ0) is 12.8. The average molecular weight is 278 g/mol. The number of carbonyl (C=O) groups excluding carboxylic acids is 2. The standard InChI is InChI=1S/C12H23N3O2.ClH/c1-4-13-9(2)8-14-12(17)11-6-5-7-15(11)10(3)16;/h9,11,13H,4-8H2,1-3H3,(H,14,17);1H/t9-,11?;/m1./s1. The molecule has 2 amide bonds. The molecule has 0 aromatic carbocycles. The molecule has 2 atom stereocenters. The average Bonchev–Trinajstić information content (AvgIpc) is 2.75. The van der Waals surface area contributed by atoms with Crippen molar-refractivity contribution in [3.8, 4) is 0 Å². The van der Waals surface area contributed by atoms with Gasteiger partial charge in [-0.25, -0.2) is 0 Å². The van der Waals surface area contributed by atoms with Crippen LogP contribution in [-0.2, 0) is 9.59 Å². The third-order valence-electron chi connectivity index (χ3n) is 3.09. The van der Waals surface area contributed by atoms with Gasteiger partial charge in [-0.05, 0) is 26.3 Å². The maximum atomic E-state index is 11.9. The Morgan fingerprint density at radius 1 is 1.44 bits per heavy atom. The molecule has 1 fully saturated rings. The molecular formula is C12H24ClN3O2. The van der Waals surface area contributed by atoms with E-state index in [1.807, 2.05) is 13.8 Å². The highest BCUT2D eigenvalue weighted by atomic mass is 35.5. The quantitative estimate of drug-likeness (QED) is 0.771. The van der Waals surface area contributed by atoms with Crippen molar-refractivity contribution in [3.05, 3.63) is 0 Å². The Labute approximate surface area is 115 Å². The topological polar surface area (TPSA) is 61.4 Å². The molecule has 1 aliphatic heterocycles. The molecule has 18 heavy (non-hydrogen) atoms. The van der Waals surface area contributed by atoms with Crippen molar-refractivity contribution in [2.45, 2.75) is 45.7 Å². The molecule has 6 heteroatoms. The van der Waals surface area contributed by atoms with Gasteiger partial charge in [0.05, 0.1) is 0 Å². The molecule has 0 saturated carbocycles. The first-order valence-electron chi connectivity index (χ1n) is 6.34. The third-order valence-corrected chi connectivity index (χ3v) is 3.09. The van der Waals surface area contributed by atoms with Crippen molar-refractivity contribution in [2.75, 3.05) is 19.6 Å². The maximum Gasteiger partial charge on any atom is 0.242 e. The normalized spacial score (nSPS) is 20.2. The van der Waals surface area contributed by atoms with Crippen LogP contribution in [0.2, 0.25) is 0 Å². The summed E-state index contributed by atoms with van der Waals surface area (Å²) < 4.78 is 0. The highest BCUT2D eigenvalue weighted by Gasteiger charge is 2.32. The van der Waals surface area contributed by atoms with E-state index in [4.69, 9.17) is 0 Å². The van der Waals surface area contributed by atoms with Crippen LogP contribution < -0.4 is 10.6 Å². The maximum absolute atomic E-state index is 11.9. The Hall–Kier alpha value is -0.810. The lowest BCUT2D eigenvalue weighted by Gasteiger charge is -2.23. The summed E-state index contributed by atoms with van der Waals surface area (Å²) in [5.41, 5.74) is 0. The van der Waals surface area contributed by atoms with Gasteiger partial charge < -0.3 is 15.5 Å². The molecule has 1 aliphatic rings. The van der Waals surface area contributed by atoms with Gasteiger partial charge in [0, 0.05) is 26.1 Å². The molecule has 0 bridgehead atoms. The minimum Gasteiger partial charge on any atom is -0.353 e. The lowest BCUT2D eigenvalue weighted by molar-refractivity contribution is -0.136. The van der Waals surface area contributed by atoms with E-state index >= 15 is 0 Å². The van der Waals surface area contributed by atoms with E-state index in [0.717, 1.165) is 19.4 Å². The fourth-order valence-corrected chi connectivity index (χ4v) is 2.21. The molecule has 1 rings (SSSR count). The molecule has 2 N–H and O–H groups in total. The van der Waals surface area contributed by atoms with Gasteiger partial charge in [-0.1, -0.05) is 6.92 Å². The number of halogens is 1. The van der Waals surface area contributed by atoms with Crippen molar-refractivity contribution in [2.24, 2.45) is 0 Å². The third kappa shape index (κ3) is 4.82. The first kappa shape index (κ1) is 17.2. The Balaban J connectivity index is 0.00000289. The highest BCUT2D eigenvalue weighted by molar-refractivity contribution is 5.87. The van der Waals surface area contributed by atoms with Gasteiger partial charge in [-0.15, -0.1) is 12.4 Å². The smallest absolute Gasteiger partial charge is 0.242 e. The predicted molar refractivity (Wildman–Crippen MR) is 73.8 cm³/mol. The number of amides is 2. The second-order valence-electron chi connectivity index (χ2n) is 4.57. The number of nitrogens with zero attached hydrogens (tertiary/aromatic N) is 1. The van der Waals surface area contributed by atoms with Gasteiger partial charge >= 0.3 is 0 Å². The number of likely N-dealkylation sites (tertiary alicyclic amines) is 1. The fraction of sp³-hybridized carbons (Fsp3) is 0.833. The van der Waals surface area contributed by atoms with Crippen LogP contribution in [0.5, 0.6) is 0 Å². The molecule has 1 heterocycles. The van der Waals surface area contributed by atoms with Crippen LogP contribution in [-0.4, -0.2) is 48.4 Å². The number of hydrogen-bond donors (Lipinski definition) is 2. The SMILES string of the molecule is CCN[C@H](C)CNC(=O)C1CCCN1C(C)=O.Cl. The fourth-order valence-electron chi connectivity index (χ4n) is 2.21. The molecule has 0 spiro atoms. The first-order chi connectivity index (χ1) is 8.06. The van der Waals surface area contributed by atoms with Gasteiger partial charge in [-0.3, -0.25) is 9.59 Å². The van der Waals surface area contributed by atoms with E-state index in [1.54, 1.807) is 4.90 Å². The first-order valence-corrected chi connectivity index (χ1v) is 6.34. The molecule has 106 valence electrons. The van der Waals surface area contributed by atoms with E-state index in [9.17, 15) is 9.59 Å². The molecule has 0 radical (unpaired) electrons. The van der Waals surface area contributed by atoms with Crippen LogP contribution in [0.25, 0.3) is 0 Å². The summed E-state index contributed by atoms with van der Waals surface area (Å²) in [6, 6.07) is -0.00235. The molecule has 0 aromatic heterocycles. The Kier molecular flexibility index (Phi) is 7.95. The molecule has 0 aromatic rings. The summed E-state index contributed by atoms with van der Waals surface area (Å²) in [7, 11) is 0. The Morgan fingerprint density at radius 2 is 2.11 bits per heavy atom. The van der Waals surface area contributed by atoms with Gasteiger partial charge in [0.2, 0.25) is 11.8 Å². The lowest BCUT2D eigenvalue weighted by atomic mass is 10.2. The van der Waals surface area contributed by atoms with Crippen molar-refractivity contribution in [3.63, 3.8) is 0 Å². The van der Waals surface area contributed by atoms with Crippen molar-refractivity contribution in [1.82, 2.24) is 15.5 Å².